The summed E-state index contributed by atoms with van der Waals surface area (Å²) in [6, 6.07) is 10.8. The average molecular weight is 390 g/mol. The number of hydrogen-bond acceptors (Lipinski definition) is 4. The summed E-state index contributed by atoms with van der Waals surface area (Å²) >= 11 is 5.89. The van der Waals surface area contributed by atoms with Crippen LogP contribution in [0.25, 0.3) is 0 Å². The Bertz CT molecular complexity index is 826. The molecule has 142 valence electrons. The van der Waals surface area contributed by atoms with Crippen molar-refractivity contribution in [3.8, 4) is 11.5 Å². The number of nitrogens with two attached hydrogens (primary N) is 1. The van der Waals surface area contributed by atoms with Crippen LogP contribution >= 0.6 is 11.6 Å². The molecule has 8 heteroatoms. The van der Waals surface area contributed by atoms with E-state index in [0.717, 1.165) is 12.0 Å². The quantitative estimate of drug-likeness (QED) is 0.730. The second-order valence-corrected chi connectivity index (χ2v) is 6.51. The van der Waals surface area contributed by atoms with Gasteiger partial charge in [0.15, 0.2) is 11.5 Å². The van der Waals surface area contributed by atoms with Crippen molar-refractivity contribution in [1.29, 1.82) is 0 Å². The molecule has 0 radical (unpaired) electrons. The molecule has 3 amide bonds. The van der Waals surface area contributed by atoms with Crippen LogP contribution in [0.2, 0.25) is 5.02 Å². The van der Waals surface area contributed by atoms with Gasteiger partial charge in [-0.05, 0) is 29.8 Å². The Morgan fingerprint density at radius 1 is 1.07 bits per heavy atom. The van der Waals surface area contributed by atoms with Gasteiger partial charge in [-0.25, -0.2) is 4.79 Å². The zero-order valence-electron chi connectivity index (χ0n) is 14.5. The fraction of sp³-hybridized carbons (Fsp3) is 0.263. The topological polar surface area (TPSA) is 103 Å². The van der Waals surface area contributed by atoms with E-state index in [-0.39, 0.29) is 12.3 Å². The van der Waals surface area contributed by atoms with Crippen molar-refractivity contribution in [2.24, 2.45) is 5.73 Å². The van der Waals surface area contributed by atoms with E-state index in [2.05, 4.69) is 10.6 Å². The minimum atomic E-state index is -0.710. The van der Waals surface area contributed by atoms with Crippen LogP contribution in [0.5, 0.6) is 11.5 Å². The summed E-state index contributed by atoms with van der Waals surface area (Å²) in [7, 11) is 0. The standard InChI is InChI=1S/C19H20ClN3O4/c20-13-4-2-12(3-5-13)15(23-19(21)25)11-18(24)22-14-6-7-16-17(10-14)27-9-1-8-26-16/h2-7,10,15H,1,8-9,11H2,(H,22,24)(H3,21,23,25)/t15-/m0/s1. The molecule has 2 aromatic carbocycles. The summed E-state index contributed by atoms with van der Waals surface area (Å²) in [5.41, 5.74) is 6.55. The number of anilines is 1. The lowest BCUT2D eigenvalue weighted by Crippen LogP contribution is -2.35. The molecule has 2 aromatic rings. The van der Waals surface area contributed by atoms with Gasteiger partial charge in [-0.1, -0.05) is 23.7 Å². The smallest absolute Gasteiger partial charge is 0.312 e. The number of halogens is 1. The number of ether oxygens (including phenoxy) is 2. The van der Waals surface area contributed by atoms with Gasteiger partial charge in [0.25, 0.3) is 0 Å². The first-order valence-corrected chi connectivity index (χ1v) is 8.90. The minimum absolute atomic E-state index is 0.0129. The van der Waals surface area contributed by atoms with Crippen molar-refractivity contribution in [2.75, 3.05) is 18.5 Å². The van der Waals surface area contributed by atoms with Crippen molar-refractivity contribution >= 4 is 29.2 Å². The molecule has 0 fully saturated rings. The Kier molecular flexibility index (Phi) is 6.03. The van der Waals surface area contributed by atoms with Crippen LogP contribution in [0.1, 0.15) is 24.4 Å². The first-order valence-electron chi connectivity index (χ1n) is 8.52. The third-order valence-electron chi connectivity index (χ3n) is 4.01. The summed E-state index contributed by atoms with van der Waals surface area (Å²) in [6.07, 6.45) is 0.816. The molecule has 1 heterocycles. The summed E-state index contributed by atoms with van der Waals surface area (Å²) in [4.78, 5) is 23.8. The molecule has 7 nitrogen and oxygen atoms in total. The number of amides is 3. The molecule has 0 bridgehead atoms. The van der Waals surface area contributed by atoms with Crippen LogP contribution in [0.15, 0.2) is 42.5 Å². The molecule has 0 saturated carbocycles. The molecule has 1 aliphatic heterocycles. The fourth-order valence-corrected chi connectivity index (χ4v) is 2.88. The second-order valence-electron chi connectivity index (χ2n) is 6.08. The van der Waals surface area contributed by atoms with E-state index in [9.17, 15) is 9.59 Å². The zero-order valence-corrected chi connectivity index (χ0v) is 15.3. The normalized spacial score (nSPS) is 14.0. The molecule has 0 unspecified atom stereocenters. The van der Waals surface area contributed by atoms with Gasteiger partial charge in [-0.2, -0.15) is 0 Å². The van der Waals surface area contributed by atoms with Crippen molar-refractivity contribution < 1.29 is 19.1 Å². The second kappa shape index (κ2) is 8.64. The fourth-order valence-electron chi connectivity index (χ4n) is 2.76. The number of fused-ring (bicyclic) bond motifs is 1. The van der Waals surface area contributed by atoms with Gasteiger partial charge in [0.1, 0.15) is 0 Å². The largest absolute Gasteiger partial charge is 0.490 e. The Labute approximate surface area is 161 Å². The number of carbonyl (C=O) groups is 2. The van der Waals surface area contributed by atoms with E-state index in [4.69, 9.17) is 26.8 Å². The molecular weight excluding hydrogens is 370 g/mol. The van der Waals surface area contributed by atoms with Gasteiger partial charge in [0.05, 0.1) is 25.7 Å². The number of benzene rings is 2. The third-order valence-corrected chi connectivity index (χ3v) is 4.26. The first-order chi connectivity index (χ1) is 13.0. The summed E-state index contributed by atoms with van der Waals surface area (Å²) in [6.45, 7) is 1.16. The molecule has 4 N–H and O–H groups in total. The van der Waals surface area contributed by atoms with Gasteiger partial charge in [0, 0.05) is 23.2 Å². The van der Waals surface area contributed by atoms with Gasteiger partial charge in [0.2, 0.25) is 5.91 Å². The van der Waals surface area contributed by atoms with Gasteiger partial charge in [-0.15, -0.1) is 0 Å². The maximum absolute atomic E-state index is 12.5. The van der Waals surface area contributed by atoms with Crippen LogP contribution in [-0.4, -0.2) is 25.2 Å². The van der Waals surface area contributed by atoms with Crippen LogP contribution in [-0.2, 0) is 4.79 Å². The van der Waals surface area contributed by atoms with Crippen LogP contribution in [0.4, 0.5) is 10.5 Å². The Morgan fingerprint density at radius 2 is 1.78 bits per heavy atom. The Balaban J connectivity index is 1.69. The zero-order chi connectivity index (χ0) is 19.2. The number of primary amides is 1. The third kappa shape index (κ3) is 5.27. The number of urea groups is 1. The highest BCUT2D eigenvalue weighted by Crippen LogP contribution is 2.32. The Morgan fingerprint density at radius 3 is 2.48 bits per heavy atom. The van der Waals surface area contributed by atoms with E-state index in [1.807, 2.05) is 0 Å². The molecule has 0 aliphatic carbocycles. The number of nitrogens with one attached hydrogen (secondary N) is 2. The number of hydrogen-bond donors (Lipinski definition) is 3. The van der Waals surface area contributed by atoms with E-state index < -0.39 is 12.1 Å². The van der Waals surface area contributed by atoms with Crippen molar-refractivity contribution in [3.63, 3.8) is 0 Å². The monoisotopic (exact) mass is 389 g/mol. The molecular formula is C19H20ClN3O4. The van der Waals surface area contributed by atoms with Crippen molar-refractivity contribution in [2.45, 2.75) is 18.9 Å². The van der Waals surface area contributed by atoms with Gasteiger partial charge >= 0.3 is 6.03 Å². The molecule has 0 aromatic heterocycles. The van der Waals surface area contributed by atoms with Crippen molar-refractivity contribution in [3.05, 3.63) is 53.1 Å². The van der Waals surface area contributed by atoms with Gasteiger partial charge < -0.3 is 25.8 Å². The lowest BCUT2D eigenvalue weighted by Gasteiger charge is -2.18. The lowest BCUT2D eigenvalue weighted by molar-refractivity contribution is -0.116. The molecule has 27 heavy (non-hydrogen) atoms. The van der Waals surface area contributed by atoms with Crippen LogP contribution in [0.3, 0.4) is 0 Å². The molecule has 3 rings (SSSR count). The van der Waals surface area contributed by atoms with Gasteiger partial charge in [-0.3, -0.25) is 4.79 Å². The SMILES string of the molecule is NC(=O)N[C@@H](CC(=O)Nc1ccc2c(c1)OCCCO2)c1ccc(Cl)cc1. The maximum Gasteiger partial charge on any atom is 0.312 e. The van der Waals surface area contributed by atoms with Crippen LogP contribution < -0.4 is 25.8 Å². The summed E-state index contributed by atoms with van der Waals surface area (Å²) in [5, 5.41) is 5.95. The highest BCUT2D eigenvalue weighted by atomic mass is 35.5. The molecule has 1 atom stereocenters. The highest BCUT2D eigenvalue weighted by Gasteiger charge is 2.18. The molecule has 0 saturated heterocycles. The Hall–Kier alpha value is -2.93. The van der Waals surface area contributed by atoms with E-state index in [1.165, 1.54) is 0 Å². The predicted molar refractivity (Wildman–Crippen MR) is 102 cm³/mol. The molecule has 0 spiro atoms. The van der Waals surface area contributed by atoms with E-state index in [0.29, 0.717) is 35.4 Å². The highest BCUT2D eigenvalue weighted by molar-refractivity contribution is 6.30. The van der Waals surface area contributed by atoms with E-state index >= 15 is 0 Å². The number of carbonyl (C=O) groups excluding carboxylic acids is 2. The predicted octanol–water partition coefficient (Wildman–Crippen LogP) is 3.24. The summed E-state index contributed by atoms with van der Waals surface area (Å²) in [5.74, 6) is 0.966. The first kappa shape index (κ1) is 18.8. The molecule has 1 aliphatic rings. The van der Waals surface area contributed by atoms with E-state index in [1.54, 1.807) is 42.5 Å². The maximum atomic E-state index is 12.5. The van der Waals surface area contributed by atoms with Crippen molar-refractivity contribution in [1.82, 2.24) is 5.32 Å². The minimum Gasteiger partial charge on any atom is -0.490 e. The number of rotatable bonds is 5. The van der Waals surface area contributed by atoms with Crippen LogP contribution in [0, 0.1) is 0 Å². The lowest BCUT2D eigenvalue weighted by atomic mass is 10.0. The summed E-state index contributed by atoms with van der Waals surface area (Å²) < 4.78 is 11.2. The average Bonchev–Trinajstić information content (AvgIpc) is 2.86.